The number of carbonyl (C=O) groups is 1. The monoisotopic (exact) mass is 328 g/mol. The molecular weight excluding hydrogens is 304 g/mol. The first-order valence-electron chi connectivity index (χ1n) is 8.43. The van der Waals surface area contributed by atoms with Gasteiger partial charge in [-0.15, -0.1) is 0 Å². The molecule has 1 fully saturated rings. The van der Waals surface area contributed by atoms with E-state index in [2.05, 4.69) is 17.2 Å². The summed E-state index contributed by atoms with van der Waals surface area (Å²) in [5.41, 5.74) is 1.91. The number of aliphatic hydroxyl groups is 1. The van der Waals surface area contributed by atoms with Crippen LogP contribution in [0.2, 0.25) is 0 Å². The Kier molecular flexibility index (Phi) is 4.91. The fourth-order valence-electron chi connectivity index (χ4n) is 3.23. The lowest BCUT2D eigenvalue weighted by atomic mass is 9.94. The van der Waals surface area contributed by atoms with Gasteiger partial charge in [0.05, 0.1) is 19.3 Å². The smallest absolute Gasteiger partial charge is 0.243 e. The zero-order valence-electron chi connectivity index (χ0n) is 14.3. The SMILES string of the molecule is CNC1CCc2ccc(C#CC3(O)CCOCC3)cc2N(C)C1=O. The Morgan fingerprint density at radius 3 is 2.83 bits per heavy atom. The highest BCUT2D eigenvalue weighted by Gasteiger charge is 2.28. The Balaban J connectivity index is 1.87. The Hall–Kier alpha value is -1.87. The van der Waals surface area contributed by atoms with Gasteiger partial charge in [0, 0.05) is 31.1 Å². The Morgan fingerprint density at radius 1 is 1.38 bits per heavy atom. The minimum Gasteiger partial charge on any atom is -0.381 e. The molecule has 2 aliphatic rings. The highest BCUT2D eigenvalue weighted by atomic mass is 16.5. The van der Waals surface area contributed by atoms with Crippen molar-refractivity contribution >= 4 is 11.6 Å². The number of rotatable bonds is 1. The lowest BCUT2D eigenvalue weighted by molar-refractivity contribution is -0.120. The van der Waals surface area contributed by atoms with Crippen LogP contribution in [0.25, 0.3) is 0 Å². The van der Waals surface area contributed by atoms with Crippen molar-refractivity contribution in [3.8, 4) is 11.8 Å². The molecule has 1 amide bonds. The molecule has 2 heterocycles. The summed E-state index contributed by atoms with van der Waals surface area (Å²) in [6.45, 7) is 1.08. The summed E-state index contributed by atoms with van der Waals surface area (Å²) in [6, 6.07) is 5.79. The molecule has 2 N–H and O–H groups in total. The number of anilines is 1. The van der Waals surface area contributed by atoms with Crippen molar-refractivity contribution in [2.75, 3.05) is 32.2 Å². The van der Waals surface area contributed by atoms with E-state index in [1.807, 2.05) is 25.2 Å². The van der Waals surface area contributed by atoms with Crippen molar-refractivity contribution in [3.63, 3.8) is 0 Å². The number of ether oxygens (including phenoxy) is 1. The number of carbonyl (C=O) groups excluding carboxylic acids is 1. The molecule has 24 heavy (non-hydrogen) atoms. The van der Waals surface area contributed by atoms with Gasteiger partial charge in [-0.3, -0.25) is 4.79 Å². The van der Waals surface area contributed by atoms with E-state index in [9.17, 15) is 9.90 Å². The molecule has 1 atom stereocenters. The van der Waals surface area contributed by atoms with Crippen LogP contribution in [0.5, 0.6) is 0 Å². The average Bonchev–Trinajstić information content (AvgIpc) is 2.71. The third-order valence-corrected chi connectivity index (χ3v) is 4.89. The van der Waals surface area contributed by atoms with Gasteiger partial charge in [-0.25, -0.2) is 0 Å². The number of nitrogens with one attached hydrogen (secondary N) is 1. The summed E-state index contributed by atoms with van der Waals surface area (Å²) >= 11 is 0. The highest BCUT2D eigenvalue weighted by Crippen LogP contribution is 2.27. The molecule has 5 heteroatoms. The molecule has 2 aliphatic heterocycles. The highest BCUT2D eigenvalue weighted by molar-refractivity contribution is 5.98. The molecule has 3 rings (SSSR count). The van der Waals surface area contributed by atoms with Crippen LogP contribution < -0.4 is 10.2 Å². The lowest BCUT2D eigenvalue weighted by Crippen LogP contribution is -2.42. The van der Waals surface area contributed by atoms with Gasteiger partial charge in [-0.1, -0.05) is 17.9 Å². The van der Waals surface area contributed by atoms with Crippen molar-refractivity contribution in [1.29, 1.82) is 0 Å². The van der Waals surface area contributed by atoms with Gasteiger partial charge in [0.15, 0.2) is 0 Å². The number of amides is 1. The summed E-state index contributed by atoms with van der Waals surface area (Å²) < 4.78 is 5.27. The minimum atomic E-state index is -0.968. The number of fused-ring (bicyclic) bond motifs is 1. The molecule has 0 radical (unpaired) electrons. The molecule has 0 aromatic heterocycles. The lowest BCUT2D eigenvalue weighted by Gasteiger charge is -2.26. The number of hydrogen-bond acceptors (Lipinski definition) is 4. The van der Waals surface area contributed by atoms with Crippen molar-refractivity contribution in [1.82, 2.24) is 5.32 Å². The van der Waals surface area contributed by atoms with Gasteiger partial charge < -0.3 is 20.1 Å². The number of benzene rings is 1. The van der Waals surface area contributed by atoms with E-state index in [0.717, 1.165) is 29.7 Å². The van der Waals surface area contributed by atoms with Crippen molar-refractivity contribution < 1.29 is 14.6 Å². The predicted octanol–water partition coefficient (Wildman–Crippen LogP) is 1.08. The molecule has 1 aromatic rings. The summed E-state index contributed by atoms with van der Waals surface area (Å²) in [4.78, 5) is 14.2. The number of nitrogens with zero attached hydrogens (tertiary/aromatic N) is 1. The molecule has 0 aliphatic carbocycles. The molecule has 1 saturated heterocycles. The molecule has 1 aromatic carbocycles. The fourth-order valence-corrected chi connectivity index (χ4v) is 3.23. The third-order valence-electron chi connectivity index (χ3n) is 4.89. The van der Waals surface area contributed by atoms with E-state index in [4.69, 9.17) is 4.74 Å². The summed E-state index contributed by atoms with van der Waals surface area (Å²) in [6.07, 6.45) is 2.71. The molecule has 128 valence electrons. The summed E-state index contributed by atoms with van der Waals surface area (Å²) in [7, 11) is 3.62. The maximum atomic E-state index is 12.5. The molecule has 0 saturated carbocycles. The van der Waals surface area contributed by atoms with Crippen molar-refractivity contribution in [3.05, 3.63) is 29.3 Å². The van der Waals surface area contributed by atoms with Gasteiger partial charge >= 0.3 is 0 Å². The maximum absolute atomic E-state index is 12.5. The summed E-state index contributed by atoms with van der Waals surface area (Å²) in [5, 5.41) is 13.5. The second-order valence-electron chi connectivity index (χ2n) is 6.51. The number of hydrogen-bond donors (Lipinski definition) is 2. The van der Waals surface area contributed by atoms with E-state index in [1.54, 1.807) is 11.9 Å². The van der Waals surface area contributed by atoms with Crippen LogP contribution in [0.1, 0.15) is 30.4 Å². The quantitative estimate of drug-likeness (QED) is 0.757. The van der Waals surface area contributed by atoms with Gasteiger partial charge in [0.2, 0.25) is 5.91 Å². The van der Waals surface area contributed by atoms with Crippen LogP contribution in [0.3, 0.4) is 0 Å². The largest absolute Gasteiger partial charge is 0.381 e. The molecule has 5 nitrogen and oxygen atoms in total. The van der Waals surface area contributed by atoms with Gasteiger partial charge in [-0.2, -0.15) is 0 Å². The number of likely N-dealkylation sites (N-methyl/N-ethyl adjacent to an activating group) is 2. The Morgan fingerprint density at radius 2 is 2.12 bits per heavy atom. The van der Waals surface area contributed by atoms with Crippen LogP contribution >= 0.6 is 0 Å². The van der Waals surface area contributed by atoms with E-state index >= 15 is 0 Å². The van der Waals surface area contributed by atoms with Crippen LogP contribution in [0.15, 0.2) is 18.2 Å². The molecular formula is C19H24N2O3. The first-order valence-corrected chi connectivity index (χ1v) is 8.43. The first-order chi connectivity index (χ1) is 11.5. The number of aryl methyl sites for hydroxylation is 1. The fraction of sp³-hybridized carbons (Fsp3) is 0.526. The molecule has 0 spiro atoms. The van der Waals surface area contributed by atoms with Gasteiger partial charge in [0.25, 0.3) is 0 Å². The standard InChI is InChI=1S/C19H24N2O3/c1-20-16-6-5-15-4-3-14(13-17(15)21(2)18(16)22)7-8-19(23)9-11-24-12-10-19/h3-4,13,16,20,23H,5-6,9-12H2,1-2H3. The minimum absolute atomic E-state index is 0.0735. The Labute approximate surface area is 143 Å². The second-order valence-corrected chi connectivity index (χ2v) is 6.51. The predicted molar refractivity (Wildman–Crippen MR) is 92.9 cm³/mol. The van der Waals surface area contributed by atoms with Crippen LogP contribution in [-0.4, -0.2) is 50.0 Å². The van der Waals surface area contributed by atoms with Gasteiger partial charge in [-0.05, 0) is 37.6 Å². The van der Waals surface area contributed by atoms with E-state index in [-0.39, 0.29) is 11.9 Å². The average molecular weight is 328 g/mol. The van der Waals surface area contributed by atoms with Crippen molar-refractivity contribution in [2.45, 2.75) is 37.3 Å². The normalized spacial score (nSPS) is 23.0. The summed E-state index contributed by atoms with van der Waals surface area (Å²) in [5.74, 6) is 6.14. The van der Waals surface area contributed by atoms with E-state index < -0.39 is 5.60 Å². The first kappa shape index (κ1) is 17.0. The van der Waals surface area contributed by atoms with E-state index in [0.29, 0.717) is 26.1 Å². The zero-order chi connectivity index (χ0) is 17.2. The van der Waals surface area contributed by atoms with Gasteiger partial charge in [0.1, 0.15) is 5.60 Å². The van der Waals surface area contributed by atoms with Crippen molar-refractivity contribution in [2.24, 2.45) is 0 Å². The zero-order valence-corrected chi connectivity index (χ0v) is 14.3. The van der Waals surface area contributed by atoms with E-state index in [1.165, 1.54) is 0 Å². The Bertz CT molecular complexity index is 684. The maximum Gasteiger partial charge on any atom is 0.243 e. The third kappa shape index (κ3) is 3.46. The topological polar surface area (TPSA) is 61.8 Å². The second kappa shape index (κ2) is 6.94. The van der Waals surface area contributed by atoms with Crippen LogP contribution in [-0.2, 0) is 16.0 Å². The van der Waals surface area contributed by atoms with Crippen LogP contribution in [0.4, 0.5) is 5.69 Å². The van der Waals surface area contributed by atoms with Crippen LogP contribution in [0, 0.1) is 11.8 Å². The molecule has 0 bridgehead atoms. The molecule has 1 unspecified atom stereocenters.